The first-order valence-electron chi connectivity index (χ1n) is 9.69. The van der Waals surface area contributed by atoms with E-state index in [2.05, 4.69) is 67.4 Å². The van der Waals surface area contributed by atoms with Crippen molar-refractivity contribution in [3.05, 3.63) is 51.8 Å². The summed E-state index contributed by atoms with van der Waals surface area (Å²) in [6.45, 7) is 12.7. The van der Waals surface area contributed by atoms with Gasteiger partial charge in [-0.3, -0.25) is 4.79 Å². The highest BCUT2D eigenvalue weighted by atomic mass is 79.9. The maximum absolute atomic E-state index is 11.5. The normalized spacial score (nSPS) is 11.8. The Morgan fingerprint density at radius 1 is 0.933 bits per heavy atom. The van der Waals surface area contributed by atoms with Crippen LogP contribution in [0.4, 0.5) is 11.6 Å². The van der Waals surface area contributed by atoms with E-state index in [-0.39, 0.29) is 16.7 Å². The Labute approximate surface area is 188 Å². The van der Waals surface area contributed by atoms with Crippen LogP contribution in [0.15, 0.2) is 35.1 Å². The number of hydrogen-bond donors (Lipinski definition) is 2. The molecule has 0 unspecified atom stereocenters. The molecule has 7 heteroatoms. The minimum Gasteiger partial charge on any atom is -0.384 e. The molecule has 2 heterocycles. The van der Waals surface area contributed by atoms with Gasteiger partial charge in [-0.1, -0.05) is 41.5 Å². The standard InChI is InChI=1S/C14H21N3O.C9H13BrN2/c1-14(2,3)11-8-12(15)16-9-10(11)6-7-13(18)17(4)5;1-9(2,3)6-4-8(11)12-5-7(6)10/h6-9H,1-5H3,(H2,15,16);4-5H,1-3H3,(H2,11,12). The zero-order valence-corrected chi connectivity index (χ0v) is 20.8. The van der Waals surface area contributed by atoms with Crippen LogP contribution in [0, 0.1) is 0 Å². The Morgan fingerprint density at radius 2 is 1.40 bits per heavy atom. The predicted molar refractivity (Wildman–Crippen MR) is 130 cm³/mol. The molecule has 2 aromatic rings. The molecule has 30 heavy (non-hydrogen) atoms. The van der Waals surface area contributed by atoms with Gasteiger partial charge in [0, 0.05) is 37.0 Å². The van der Waals surface area contributed by atoms with E-state index in [9.17, 15) is 4.79 Å². The van der Waals surface area contributed by atoms with Crippen molar-refractivity contribution in [1.82, 2.24) is 14.9 Å². The van der Waals surface area contributed by atoms with E-state index in [1.165, 1.54) is 10.5 Å². The molecule has 0 saturated carbocycles. The van der Waals surface area contributed by atoms with Crippen LogP contribution in [0.3, 0.4) is 0 Å². The zero-order chi connectivity index (χ0) is 23.3. The molecule has 0 saturated heterocycles. The van der Waals surface area contributed by atoms with Gasteiger partial charge < -0.3 is 16.4 Å². The summed E-state index contributed by atoms with van der Waals surface area (Å²) in [5, 5.41) is 0. The number of rotatable bonds is 2. The molecule has 0 spiro atoms. The molecule has 0 aliphatic carbocycles. The summed E-state index contributed by atoms with van der Waals surface area (Å²) in [4.78, 5) is 21.1. The van der Waals surface area contributed by atoms with Crippen molar-refractivity contribution < 1.29 is 4.79 Å². The first-order chi connectivity index (χ1) is 13.6. The third-order valence-electron chi connectivity index (χ3n) is 4.29. The van der Waals surface area contributed by atoms with Crippen molar-refractivity contribution in [2.75, 3.05) is 25.6 Å². The third kappa shape index (κ3) is 7.78. The third-order valence-corrected chi connectivity index (χ3v) is 4.93. The second-order valence-corrected chi connectivity index (χ2v) is 10.2. The quantitative estimate of drug-likeness (QED) is 0.608. The van der Waals surface area contributed by atoms with Gasteiger partial charge in [-0.05, 0) is 61.7 Å². The summed E-state index contributed by atoms with van der Waals surface area (Å²) >= 11 is 3.45. The first-order valence-corrected chi connectivity index (χ1v) is 10.5. The summed E-state index contributed by atoms with van der Waals surface area (Å²) in [5.41, 5.74) is 14.6. The minimum atomic E-state index is -0.0494. The van der Waals surface area contributed by atoms with Gasteiger partial charge >= 0.3 is 0 Å². The van der Waals surface area contributed by atoms with Crippen LogP contribution in [0.2, 0.25) is 0 Å². The van der Waals surface area contributed by atoms with Crippen LogP contribution in [-0.4, -0.2) is 34.9 Å². The number of carbonyl (C=O) groups excluding carboxylic acids is 1. The average molecular weight is 476 g/mol. The summed E-state index contributed by atoms with van der Waals surface area (Å²) in [7, 11) is 3.44. The van der Waals surface area contributed by atoms with Gasteiger partial charge in [-0.2, -0.15) is 0 Å². The summed E-state index contributed by atoms with van der Waals surface area (Å²) < 4.78 is 1.02. The Bertz CT molecular complexity index is 909. The minimum absolute atomic E-state index is 0.0438. The van der Waals surface area contributed by atoms with Gasteiger partial charge in [-0.25, -0.2) is 9.97 Å². The molecule has 0 atom stereocenters. The molecule has 164 valence electrons. The number of nitrogens with two attached hydrogens (primary N) is 2. The van der Waals surface area contributed by atoms with Gasteiger partial charge in [0.1, 0.15) is 11.6 Å². The summed E-state index contributed by atoms with van der Waals surface area (Å²) in [6.07, 6.45) is 6.78. The van der Waals surface area contributed by atoms with Crippen LogP contribution in [0.1, 0.15) is 58.2 Å². The van der Waals surface area contributed by atoms with Crippen molar-refractivity contribution in [1.29, 1.82) is 0 Å². The maximum atomic E-state index is 11.5. The number of nitrogen functional groups attached to an aromatic ring is 2. The second-order valence-electron chi connectivity index (χ2n) is 9.35. The highest BCUT2D eigenvalue weighted by Crippen LogP contribution is 2.30. The Balaban J connectivity index is 0.000000325. The van der Waals surface area contributed by atoms with E-state index < -0.39 is 0 Å². The molecule has 0 aliphatic rings. The average Bonchev–Trinajstić information content (AvgIpc) is 2.61. The molecule has 6 nitrogen and oxygen atoms in total. The molecule has 2 aromatic heterocycles. The predicted octanol–water partition coefficient (Wildman–Crippen LogP) is 4.79. The van der Waals surface area contributed by atoms with Gasteiger partial charge in [0.15, 0.2) is 0 Å². The monoisotopic (exact) mass is 475 g/mol. The van der Waals surface area contributed by atoms with Gasteiger partial charge in [0.25, 0.3) is 0 Å². The summed E-state index contributed by atoms with van der Waals surface area (Å²) in [6, 6.07) is 3.77. The molecule has 0 radical (unpaired) electrons. The van der Waals surface area contributed by atoms with E-state index in [4.69, 9.17) is 11.5 Å². The van der Waals surface area contributed by atoms with Crippen molar-refractivity contribution in [3.63, 3.8) is 0 Å². The van der Waals surface area contributed by atoms with Crippen molar-refractivity contribution in [3.8, 4) is 0 Å². The molecule has 1 amide bonds. The molecular weight excluding hydrogens is 442 g/mol. The Hall–Kier alpha value is -2.41. The van der Waals surface area contributed by atoms with Crippen molar-refractivity contribution in [2.45, 2.75) is 52.4 Å². The largest absolute Gasteiger partial charge is 0.384 e. The number of pyridine rings is 2. The topological polar surface area (TPSA) is 98.1 Å². The smallest absolute Gasteiger partial charge is 0.246 e. The number of aromatic nitrogens is 2. The maximum Gasteiger partial charge on any atom is 0.246 e. The van der Waals surface area contributed by atoms with Crippen LogP contribution in [0.25, 0.3) is 6.08 Å². The molecule has 0 fully saturated rings. The van der Waals surface area contributed by atoms with Gasteiger partial charge in [-0.15, -0.1) is 0 Å². The van der Waals surface area contributed by atoms with Crippen molar-refractivity contribution >= 4 is 39.5 Å². The fraction of sp³-hybridized carbons (Fsp3) is 0.435. The molecule has 0 bridgehead atoms. The molecular formula is C23H34BrN5O. The van der Waals surface area contributed by atoms with Crippen molar-refractivity contribution in [2.24, 2.45) is 0 Å². The number of hydrogen-bond acceptors (Lipinski definition) is 5. The van der Waals surface area contributed by atoms with Crippen LogP contribution in [-0.2, 0) is 15.6 Å². The van der Waals surface area contributed by atoms with Gasteiger partial charge in [0.05, 0.1) is 0 Å². The van der Waals surface area contributed by atoms with E-state index in [0.29, 0.717) is 11.6 Å². The van der Waals surface area contributed by atoms with E-state index in [1.54, 1.807) is 38.6 Å². The lowest BCUT2D eigenvalue weighted by atomic mass is 9.84. The van der Waals surface area contributed by atoms with Gasteiger partial charge in [0.2, 0.25) is 5.91 Å². The molecule has 0 aliphatic heterocycles. The number of nitrogens with zero attached hydrogens (tertiary/aromatic N) is 3. The second kappa shape index (κ2) is 10.1. The number of anilines is 2. The zero-order valence-electron chi connectivity index (χ0n) is 19.2. The van der Waals surface area contributed by atoms with E-state index in [1.807, 2.05) is 12.1 Å². The SMILES string of the molecule is CC(C)(C)c1cc(N)ncc1Br.CN(C)C(=O)C=Cc1cnc(N)cc1C(C)(C)C. The number of halogens is 1. The number of carbonyl (C=O) groups is 1. The fourth-order valence-electron chi connectivity index (χ4n) is 2.60. The number of likely N-dealkylation sites (N-methyl/N-ethyl adjacent to an activating group) is 1. The lowest BCUT2D eigenvalue weighted by Crippen LogP contribution is -2.19. The lowest BCUT2D eigenvalue weighted by Gasteiger charge is -2.21. The summed E-state index contributed by atoms with van der Waals surface area (Å²) in [5.74, 6) is 1.02. The van der Waals surface area contributed by atoms with E-state index >= 15 is 0 Å². The Morgan fingerprint density at radius 3 is 1.83 bits per heavy atom. The highest BCUT2D eigenvalue weighted by molar-refractivity contribution is 9.10. The van der Waals surface area contributed by atoms with Crippen LogP contribution in [0.5, 0.6) is 0 Å². The highest BCUT2D eigenvalue weighted by Gasteiger charge is 2.18. The molecule has 4 N–H and O–H groups in total. The van der Waals surface area contributed by atoms with Crippen LogP contribution >= 0.6 is 15.9 Å². The fourth-order valence-corrected chi connectivity index (χ4v) is 3.42. The molecule has 0 aromatic carbocycles. The number of amides is 1. The van der Waals surface area contributed by atoms with Crippen LogP contribution < -0.4 is 11.5 Å². The Kier molecular flexibility index (Phi) is 8.60. The lowest BCUT2D eigenvalue weighted by molar-refractivity contribution is -0.123. The molecule has 2 rings (SSSR count). The first kappa shape index (κ1) is 25.6. The van der Waals surface area contributed by atoms with E-state index in [0.717, 1.165) is 15.6 Å².